The van der Waals surface area contributed by atoms with E-state index in [4.69, 9.17) is 9.47 Å². The fourth-order valence-electron chi connectivity index (χ4n) is 3.74. The maximum atomic E-state index is 13.6. The number of ether oxygens (including phenoxy) is 2. The lowest BCUT2D eigenvalue weighted by Crippen LogP contribution is -2.54. The number of nitrogens with zero attached hydrogens (tertiary/aromatic N) is 4. The van der Waals surface area contributed by atoms with E-state index < -0.39 is 29.6 Å². The molecular weight excluding hydrogens is 420 g/mol. The Morgan fingerprint density at radius 3 is 2.00 bits per heavy atom. The summed E-state index contributed by atoms with van der Waals surface area (Å²) < 4.78 is 11.5. The third kappa shape index (κ3) is 4.46. The number of carbonyl (C=O) groups is 2. The largest absolute Gasteiger partial charge is 0.451 e. The first-order valence-electron chi connectivity index (χ1n) is 10.9. The molecule has 0 radical (unpaired) electrons. The zero-order valence-electron chi connectivity index (χ0n) is 19.9. The van der Waals surface area contributed by atoms with Crippen LogP contribution in [0.4, 0.5) is 15.3 Å². The predicted octanol–water partition coefficient (Wildman–Crippen LogP) is 5.71. The molecule has 2 aliphatic rings. The topological polar surface area (TPSA) is 65.6 Å². The van der Waals surface area contributed by atoms with Crippen molar-refractivity contribution >= 4 is 23.9 Å². The van der Waals surface area contributed by atoms with Gasteiger partial charge in [0.25, 0.3) is 0 Å². The summed E-state index contributed by atoms with van der Waals surface area (Å²) in [7, 11) is 0. The molecule has 174 valence electrons. The fourth-order valence-corrected chi connectivity index (χ4v) is 3.74. The zero-order valence-corrected chi connectivity index (χ0v) is 19.9. The average molecular weight is 451 g/mol. The van der Waals surface area contributed by atoms with Crippen LogP contribution in [0.1, 0.15) is 58.8 Å². The standard InChI is InChI=1S/C25H30N4O4/c1-24(2,3)32-22(30)27-21-20-15-11-10-12-18(20)16-17-26(21)28(19-13-8-7-9-14-19)29(27)23(31)33-25(4,5)6/h7-17,21H,1-6H3/t21-/m1/s1. The summed E-state index contributed by atoms with van der Waals surface area (Å²) in [4.78, 5) is 27.1. The second-order valence-electron chi connectivity index (χ2n) is 9.92. The number of para-hydroxylation sites is 1. The van der Waals surface area contributed by atoms with Gasteiger partial charge in [0.2, 0.25) is 0 Å². The minimum Gasteiger partial charge on any atom is -0.442 e. The van der Waals surface area contributed by atoms with E-state index in [9.17, 15) is 9.59 Å². The smallest absolute Gasteiger partial charge is 0.442 e. The van der Waals surface area contributed by atoms with E-state index >= 15 is 0 Å². The van der Waals surface area contributed by atoms with Gasteiger partial charge in [0.1, 0.15) is 11.2 Å². The maximum Gasteiger partial charge on any atom is 0.451 e. The van der Waals surface area contributed by atoms with Crippen molar-refractivity contribution in [1.82, 2.24) is 15.1 Å². The molecule has 2 aliphatic heterocycles. The number of hydrogen-bond acceptors (Lipinski definition) is 6. The molecule has 2 aromatic carbocycles. The first kappa shape index (κ1) is 22.5. The molecule has 0 spiro atoms. The Bertz CT molecular complexity index is 1040. The van der Waals surface area contributed by atoms with Gasteiger partial charge in [0, 0.05) is 11.8 Å². The molecule has 0 bridgehead atoms. The molecule has 2 amide bonds. The van der Waals surface area contributed by atoms with Gasteiger partial charge >= 0.3 is 12.2 Å². The lowest BCUT2D eigenvalue weighted by Gasteiger charge is -2.35. The molecule has 0 aliphatic carbocycles. The van der Waals surface area contributed by atoms with Gasteiger partial charge in [-0.2, -0.15) is 10.1 Å². The van der Waals surface area contributed by atoms with Gasteiger partial charge in [-0.1, -0.05) is 47.6 Å². The minimum atomic E-state index is -0.768. The molecule has 1 atom stereocenters. The Balaban J connectivity index is 1.89. The lowest BCUT2D eigenvalue weighted by atomic mass is 10.0. The van der Waals surface area contributed by atoms with Gasteiger partial charge in [0.15, 0.2) is 6.17 Å². The summed E-state index contributed by atoms with van der Waals surface area (Å²) in [6.45, 7) is 10.7. The minimum absolute atomic E-state index is 0.645. The van der Waals surface area contributed by atoms with Crippen LogP contribution in [0.5, 0.6) is 0 Å². The Labute approximate surface area is 194 Å². The van der Waals surface area contributed by atoms with Crippen LogP contribution < -0.4 is 5.12 Å². The summed E-state index contributed by atoms with van der Waals surface area (Å²) in [5.41, 5.74) is 0.967. The number of carbonyl (C=O) groups excluding carboxylic acids is 2. The second-order valence-corrected chi connectivity index (χ2v) is 9.92. The molecule has 2 aromatic rings. The zero-order chi connectivity index (χ0) is 24.0. The van der Waals surface area contributed by atoms with Crippen molar-refractivity contribution < 1.29 is 19.1 Å². The average Bonchev–Trinajstić information content (AvgIpc) is 3.08. The normalized spacial score (nSPS) is 17.6. The predicted molar refractivity (Wildman–Crippen MR) is 125 cm³/mol. The van der Waals surface area contributed by atoms with Crippen molar-refractivity contribution in [3.05, 3.63) is 71.9 Å². The van der Waals surface area contributed by atoms with Gasteiger partial charge in [-0.05, 0) is 65.3 Å². The number of hydrazine groups is 3. The van der Waals surface area contributed by atoms with Crippen molar-refractivity contribution in [2.24, 2.45) is 0 Å². The molecule has 0 aromatic heterocycles. The van der Waals surface area contributed by atoms with E-state index in [-0.39, 0.29) is 0 Å². The third-order valence-corrected chi connectivity index (χ3v) is 4.89. The molecule has 1 saturated heterocycles. The number of hydrogen-bond donors (Lipinski definition) is 0. The number of rotatable bonds is 1. The van der Waals surface area contributed by atoms with Crippen molar-refractivity contribution in [1.29, 1.82) is 0 Å². The number of anilines is 1. The fraction of sp³-hybridized carbons (Fsp3) is 0.360. The molecule has 0 saturated carbocycles. The van der Waals surface area contributed by atoms with E-state index in [1.165, 1.54) is 10.1 Å². The molecule has 0 unspecified atom stereocenters. The summed E-state index contributed by atoms with van der Waals surface area (Å²) in [5.74, 6) is 0. The van der Waals surface area contributed by atoms with Gasteiger partial charge in [0.05, 0.1) is 5.69 Å². The van der Waals surface area contributed by atoms with Crippen LogP contribution in [0, 0.1) is 0 Å². The van der Waals surface area contributed by atoms with Crippen LogP contribution in [0.2, 0.25) is 0 Å². The van der Waals surface area contributed by atoms with Crippen molar-refractivity contribution in [3.63, 3.8) is 0 Å². The Hall–Kier alpha value is -3.68. The van der Waals surface area contributed by atoms with Gasteiger partial charge < -0.3 is 9.47 Å². The molecule has 1 fully saturated rings. The molecule has 8 heteroatoms. The Morgan fingerprint density at radius 2 is 1.36 bits per heavy atom. The van der Waals surface area contributed by atoms with E-state index in [2.05, 4.69) is 0 Å². The quantitative estimate of drug-likeness (QED) is 0.554. The molecular formula is C25H30N4O4. The molecule has 8 nitrogen and oxygen atoms in total. The highest BCUT2D eigenvalue weighted by molar-refractivity contribution is 5.79. The van der Waals surface area contributed by atoms with Crippen LogP contribution in [-0.2, 0) is 9.47 Å². The first-order chi connectivity index (χ1) is 15.5. The SMILES string of the molecule is CC(C)(C)OC(=O)N1[C@@H]2c3ccccc3C=CN2N(c2ccccc2)N1C(=O)OC(C)(C)C. The second kappa shape index (κ2) is 8.03. The van der Waals surface area contributed by atoms with Crippen LogP contribution in [0.25, 0.3) is 6.08 Å². The Morgan fingerprint density at radius 1 is 0.788 bits per heavy atom. The molecule has 0 N–H and O–H groups in total. The van der Waals surface area contributed by atoms with Crippen LogP contribution in [0.15, 0.2) is 60.8 Å². The summed E-state index contributed by atoms with van der Waals surface area (Å²) in [6.07, 6.45) is 1.80. The van der Waals surface area contributed by atoms with Gasteiger partial charge in [-0.25, -0.2) is 14.6 Å². The summed E-state index contributed by atoms with van der Waals surface area (Å²) in [6, 6.07) is 17.1. The number of benzene rings is 2. The van der Waals surface area contributed by atoms with Crippen molar-refractivity contribution in [2.75, 3.05) is 5.12 Å². The monoisotopic (exact) mass is 450 g/mol. The number of fused-ring (bicyclic) bond motifs is 3. The number of amides is 2. The van der Waals surface area contributed by atoms with E-state index in [1.54, 1.807) is 46.7 Å². The third-order valence-electron chi connectivity index (χ3n) is 4.89. The highest BCUT2D eigenvalue weighted by Gasteiger charge is 2.53. The molecule has 4 rings (SSSR count). The maximum absolute atomic E-state index is 13.6. The molecule has 33 heavy (non-hydrogen) atoms. The highest BCUT2D eigenvalue weighted by Crippen LogP contribution is 2.44. The lowest BCUT2D eigenvalue weighted by molar-refractivity contribution is -0.0580. The Kier molecular flexibility index (Phi) is 5.47. The van der Waals surface area contributed by atoms with Gasteiger partial charge in [-0.15, -0.1) is 0 Å². The van der Waals surface area contributed by atoms with E-state index in [0.717, 1.165) is 11.1 Å². The van der Waals surface area contributed by atoms with Crippen molar-refractivity contribution in [2.45, 2.75) is 58.9 Å². The van der Waals surface area contributed by atoms with Crippen LogP contribution in [-0.4, -0.2) is 38.5 Å². The van der Waals surface area contributed by atoms with E-state index in [0.29, 0.717) is 5.69 Å². The molecule has 2 heterocycles. The van der Waals surface area contributed by atoms with E-state index in [1.807, 2.05) is 71.9 Å². The first-order valence-corrected chi connectivity index (χ1v) is 10.9. The van der Waals surface area contributed by atoms with Gasteiger partial charge in [-0.3, -0.25) is 0 Å². The van der Waals surface area contributed by atoms with Crippen LogP contribution >= 0.6 is 0 Å². The highest BCUT2D eigenvalue weighted by atomic mass is 16.6. The summed E-state index contributed by atoms with van der Waals surface area (Å²) >= 11 is 0. The van der Waals surface area contributed by atoms with Crippen molar-refractivity contribution in [3.8, 4) is 0 Å². The van der Waals surface area contributed by atoms with Crippen LogP contribution in [0.3, 0.4) is 0 Å². The summed E-state index contributed by atoms with van der Waals surface area (Å²) in [5, 5.41) is 5.99.